The van der Waals surface area contributed by atoms with Crippen molar-refractivity contribution in [1.29, 1.82) is 5.26 Å². The highest BCUT2D eigenvalue weighted by Crippen LogP contribution is 2.09. The Morgan fingerprint density at radius 1 is 0.950 bits per heavy atom. The molecular formula is C18H30N2. The normalized spacial score (nSPS) is 9.80. The lowest BCUT2D eigenvalue weighted by Gasteiger charge is -2.01. The molecule has 1 rings (SSSR count). The van der Waals surface area contributed by atoms with Gasteiger partial charge in [-0.2, -0.15) is 0 Å². The summed E-state index contributed by atoms with van der Waals surface area (Å²) < 4.78 is 2.32. The third-order valence-corrected chi connectivity index (χ3v) is 3.53. The summed E-state index contributed by atoms with van der Waals surface area (Å²) in [6.45, 7) is 10.4. The van der Waals surface area contributed by atoms with Crippen molar-refractivity contribution < 1.29 is 4.57 Å². The Hall–Kier alpha value is -1.36. The van der Waals surface area contributed by atoms with Crippen molar-refractivity contribution in [3.05, 3.63) is 36.7 Å². The first-order chi connectivity index (χ1) is 9.83. The summed E-state index contributed by atoms with van der Waals surface area (Å²) in [6, 6.07) is 4.30. The van der Waals surface area contributed by atoms with Crippen LogP contribution in [-0.2, 0) is 6.54 Å². The van der Waals surface area contributed by atoms with E-state index in [9.17, 15) is 0 Å². The van der Waals surface area contributed by atoms with E-state index in [1.165, 1.54) is 69.9 Å². The second kappa shape index (κ2) is 14.1. The van der Waals surface area contributed by atoms with Gasteiger partial charge in [-0.15, -0.1) is 0 Å². The van der Waals surface area contributed by atoms with Gasteiger partial charge in [0.2, 0.25) is 0 Å². The lowest BCUT2D eigenvalue weighted by atomic mass is 10.1. The van der Waals surface area contributed by atoms with E-state index in [0.29, 0.717) is 0 Å². The highest BCUT2D eigenvalue weighted by atomic mass is 14.9. The number of nitrogens with zero attached hydrogens (tertiary/aromatic N) is 2. The summed E-state index contributed by atoms with van der Waals surface area (Å²) >= 11 is 0. The van der Waals surface area contributed by atoms with E-state index in [2.05, 4.69) is 42.9 Å². The second-order valence-electron chi connectivity index (χ2n) is 5.45. The van der Waals surface area contributed by atoms with Crippen LogP contribution in [0.25, 0.3) is 0 Å². The van der Waals surface area contributed by atoms with E-state index in [-0.39, 0.29) is 0 Å². The Morgan fingerprint density at radius 3 is 2.05 bits per heavy atom. The van der Waals surface area contributed by atoms with E-state index in [1.54, 1.807) is 0 Å². The number of aromatic nitrogens is 1. The van der Waals surface area contributed by atoms with E-state index in [0.717, 1.165) is 0 Å². The van der Waals surface area contributed by atoms with E-state index in [4.69, 9.17) is 11.8 Å². The van der Waals surface area contributed by atoms with Crippen molar-refractivity contribution in [2.75, 3.05) is 0 Å². The van der Waals surface area contributed by atoms with Crippen molar-refractivity contribution in [3.63, 3.8) is 0 Å². The molecule has 0 amide bonds. The minimum Gasteiger partial charge on any atom is -0.512 e. The topological polar surface area (TPSA) is 27.7 Å². The molecule has 1 heterocycles. The maximum atomic E-state index is 6.25. The van der Waals surface area contributed by atoms with Crippen LogP contribution in [0.15, 0.2) is 24.5 Å². The van der Waals surface area contributed by atoms with Gasteiger partial charge in [-0.1, -0.05) is 51.9 Å². The third-order valence-electron chi connectivity index (χ3n) is 3.53. The first-order valence-corrected chi connectivity index (χ1v) is 8.01. The quantitative estimate of drug-likeness (QED) is 0.338. The van der Waals surface area contributed by atoms with E-state index >= 15 is 0 Å². The van der Waals surface area contributed by atoms with Gasteiger partial charge in [-0.05, 0) is 19.4 Å². The van der Waals surface area contributed by atoms with Gasteiger partial charge in [0.25, 0.3) is 0 Å². The van der Waals surface area contributed by atoms with Crippen molar-refractivity contribution in [1.82, 2.24) is 0 Å². The number of rotatable bonds is 10. The van der Waals surface area contributed by atoms with Gasteiger partial charge in [0.1, 0.15) is 6.54 Å². The zero-order chi connectivity index (χ0) is 15.1. The van der Waals surface area contributed by atoms with Crippen LogP contribution in [0.4, 0.5) is 0 Å². The van der Waals surface area contributed by atoms with Crippen molar-refractivity contribution in [3.8, 4) is 0 Å². The molecule has 1 aromatic heterocycles. The van der Waals surface area contributed by atoms with Crippen LogP contribution in [0.5, 0.6) is 0 Å². The van der Waals surface area contributed by atoms with Crippen LogP contribution in [-0.4, -0.2) is 0 Å². The fraction of sp³-hybridized carbons (Fsp3) is 0.667. The molecule has 0 fully saturated rings. The molecule has 0 bridgehead atoms. The molecule has 0 atom stereocenters. The minimum absolute atomic E-state index is 1.18. The predicted molar refractivity (Wildman–Crippen MR) is 83.6 cm³/mol. The summed E-state index contributed by atoms with van der Waals surface area (Å²) in [4.78, 5) is 0. The molecule has 2 heteroatoms. The molecule has 0 N–H and O–H groups in total. The van der Waals surface area contributed by atoms with Crippen molar-refractivity contribution in [2.45, 2.75) is 78.2 Å². The van der Waals surface area contributed by atoms with Gasteiger partial charge in [0.05, 0.1) is 0 Å². The summed E-state index contributed by atoms with van der Waals surface area (Å²) in [5, 5.41) is 6.25. The Labute approximate surface area is 125 Å². The number of hydrogen-bond donors (Lipinski definition) is 0. The molecule has 20 heavy (non-hydrogen) atoms. The molecule has 0 saturated carbocycles. The second-order valence-corrected chi connectivity index (χ2v) is 5.45. The predicted octanol–water partition coefficient (Wildman–Crippen LogP) is 4.91. The molecule has 0 radical (unpaired) electrons. The third kappa shape index (κ3) is 10.6. The Morgan fingerprint density at radius 2 is 1.50 bits per heavy atom. The average Bonchev–Trinajstić information content (AvgIpc) is 2.48. The number of pyridine rings is 1. The van der Waals surface area contributed by atoms with Gasteiger partial charge >= 0.3 is 0 Å². The monoisotopic (exact) mass is 274 g/mol. The summed E-state index contributed by atoms with van der Waals surface area (Å²) in [6.07, 6.45) is 17.1. The molecule has 0 aliphatic rings. The molecular weight excluding hydrogens is 244 g/mol. The minimum atomic E-state index is 1.18. The molecule has 1 aromatic rings. The van der Waals surface area contributed by atoms with Crippen LogP contribution < -0.4 is 4.57 Å². The Kier molecular flexibility index (Phi) is 13.1. The molecule has 2 nitrogen and oxygen atoms in total. The fourth-order valence-electron chi connectivity index (χ4n) is 2.40. The molecule has 0 aliphatic carbocycles. The lowest BCUT2D eigenvalue weighted by molar-refractivity contribution is -0.697. The van der Waals surface area contributed by atoms with E-state index < -0.39 is 0 Å². The van der Waals surface area contributed by atoms with Crippen molar-refractivity contribution >= 4 is 0 Å². The van der Waals surface area contributed by atoms with Gasteiger partial charge < -0.3 is 11.8 Å². The first kappa shape index (κ1) is 18.6. The molecule has 0 unspecified atom stereocenters. The Balaban J connectivity index is 0.00000172. The number of unbranched alkanes of at least 4 members (excludes halogenated alkanes) is 8. The highest BCUT2D eigenvalue weighted by molar-refractivity contribution is 5.01. The van der Waals surface area contributed by atoms with Crippen LogP contribution in [0.1, 0.15) is 70.3 Å². The molecule has 112 valence electrons. The summed E-state index contributed by atoms with van der Waals surface area (Å²) in [5.41, 5.74) is 1.36. The number of aryl methyl sites for hydroxylation is 2. The van der Waals surface area contributed by atoms with Crippen molar-refractivity contribution in [2.24, 2.45) is 0 Å². The molecule has 0 spiro atoms. The number of hydrogen-bond acceptors (Lipinski definition) is 1. The molecule has 0 saturated heterocycles. The zero-order valence-electron chi connectivity index (χ0n) is 13.3. The van der Waals surface area contributed by atoms with E-state index in [1.807, 2.05) is 0 Å². The first-order valence-electron chi connectivity index (χ1n) is 8.01. The van der Waals surface area contributed by atoms with Crippen LogP contribution in [0.3, 0.4) is 0 Å². The smallest absolute Gasteiger partial charge is 0.171 e. The van der Waals surface area contributed by atoms with Gasteiger partial charge in [-0.25, -0.2) is 4.57 Å². The molecule has 0 aromatic carbocycles. The molecule has 0 aliphatic heterocycles. The maximum Gasteiger partial charge on any atom is 0.171 e. The van der Waals surface area contributed by atoms with Crippen LogP contribution >= 0.6 is 0 Å². The summed E-state index contributed by atoms with van der Waals surface area (Å²) in [5.74, 6) is 0. The largest absolute Gasteiger partial charge is 0.512 e. The van der Waals surface area contributed by atoms with Crippen LogP contribution in [0.2, 0.25) is 0 Å². The average molecular weight is 274 g/mol. The highest BCUT2D eigenvalue weighted by Gasteiger charge is 1.99. The van der Waals surface area contributed by atoms with Gasteiger partial charge in [0, 0.05) is 18.1 Å². The zero-order valence-corrected chi connectivity index (χ0v) is 13.3. The van der Waals surface area contributed by atoms with Gasteiger partial charge in [-0.3, -0.25) is 0 Å². The SMILES string of the molecule is CCCCCCCCCCC[n+]1cccc(C)c1.[C-]#N. The Bertz CT molecular complexity index is 344. The summed E-state index contributed by atoms with van der Waals surface area (Å²) in [7, 11) is 0. The standard InChI is InChI=1S/C17H30N.CN/c1-3-4-5-6-7-8-9-10-11-14-18-15-12-13-17(2)16-18;1-2/h12-13,15-16H,3-11,14H2,1-2H3;/q+1;-1. The maximum absolute atomic E-state index is 6.25. The lowest BCUT2D eigenvalue weighted by Crippen LogP contribution is -2.32. The fourth-order valence-corrected chi connectivity index (χ4v) is 2.40. The van der Waals surface area contributed by atoms with Crippen LogP contribution in [0, 0.1) is 18.8 Å². The van der Waals surface area contributed by atoms with Gasteiger partial charge in [0.15, 0.2) is 12.4 Å².